The zero-order chi connectivity index (χ0) is 79.0. The number of rotatable bonds is 11. The fourth-order valence-corrected chi connectivity index (χ4v) is 14.3. The number of benzene rings is 8. The number of carbonyl (C=O) groups excluding carboxylic acids is 2. The van der Waals surface area contributed by atoms with E-state index >= 15 is 0 Å². The average Bonchev–Trinajstić information content (AvgIpc) is 1.37. The van der Waals surface area contributed by atoms with E-state index in [1.165, 1.54) is 111 Å². The van der Waals surface area contributed by atoms with Gasteiger partial charge in [0, 0.05) is 68.6 Å². The molecule has 12 aromatic rings. The molecule has 0 atom stereocenters. The number of hydrogen-bond acceptors (Lipinski definition) is 19. The normalized spacial score (nSPS) is 14.1. The van der Waals surface area contributed by atoms with Crippen molar-refractivity contribution in [3.63, 3.8) is 0 Å². The Kier molecular flexibility index (Phi) is 35.3. The van der Waals surface area contributed by atoms with Crippen LogP contribution in [0.3, 0.4) is 0 Å². The van der Waals surface area contributed by atoms with E-state index in [1.54, 1.807) is 66.7 Å². The number of carbonyl (C=O) groups is 4. The van der Waals surface area contributed by atoms with E-state index in [9.17, 15) is 33.8 Å². The number of fused-ring (bicyclic) bond motifs is 4. The Labute approximate surface area is 691 Å². The number of halogens is 2. The van der Waals surface area contributed by atoms with Gasteiger partial charge >= 0.3 is 53.4 Å². The Morgan fingerprint density at radius 2 is 0.566 bits per heavy atom. The van der Waals surface area contributed by atoms with Crippen LogP contribution in [-0.2, 0) is 9.47 Å². The van der Waals surface area contributed by atoms with Gasteiger partial charge in [0.15, 0.2) is 17.5 Å². The van der Waals surface area contributed by atoms with Crippen LogP contribution >= 0.6 is 15.9 Å². The predicted molar refractivity (Wildman–Crippen MR) is 446 cm³/mol. The van der Waals surface area contributed by atoms with Crippen molar-refractivity contribution in [2.45, 2.75) is 122 Å². The summed E-state index contributed by atoms with van der Waals surface area (Å²) in [6, 6.07) is 60.3. The number of carboxylic acids is 2. The topological polar surface area (TPSA) is 290 Å². The molecule has 16 rings (SSSR count). The van der Waals surface area contributed by atoms with Crippen molar-refractivity contribution in [2.24, 2.45) is 0 Å². The fraction of sp³-hybridized carbons (Fsp3) is 0.326. The first-order valence-electron chi connectivity index (χ1n) is 38.8. The third kappa shape index (κ3) is 24.4. The summed E-state index contributed by atoms with van der Waals surface area (Å²) in [5, 5.41) is 25.5. The van der Waals surface area contributed by atoms with Gasteiger partial charge in [-0.25, -0.2) is 59.0 Å². The number of carboxylic acid groups (broad SMARTS) is 2. The van der Waals surface area contributed by atoms with E-state index < -0.39 is 19.1 Å². The molecule has 4 aromatic heterocycles. The summed E-state index contributed by atoms with van der Waals surface area (Å²) in [4.78, 5) is 91.5. The minimum atomic E-state index is -1.00. The minimum absolute atomic E-state index is 0. The molecule has 4 aliphatic rings. The predicted octanol–water partition coefficient (Wildman–Crippen LogP) is 16.8. The Balaban J connectivity index is 0.000000181. The average molecular weight is 1600 g/mol. The van der Waals surface area contributed by atoms with E-state index in [1.807, 2.05) is 115 Å². The molecule has 1 aliphatic carbocycles. The second-order valence-electron chi connectivity index (χ2n) is 27.1. The molecule has 4 N–H and O–H groups in total. The van der Waals surface area contributed by atoms with Crippen LogP contribution < -0.4 is 44.3 Å². The van der Waals surface area contributed by atoms with Crippen molar-refractivity contribution >= 4 is 101 Å². The van der Waals surface area contributed by atoms with Gasteiger partial charge < -0.3 is 45.0 Å². The van der Waals surface area contributed by atoms with Crippen LogP contribution in [0.1, 0.15) is 165 Å². The largest absolute Gasteiger partial charge is 1.00 e. The van der Waals surface area contributed by atoms with Gasteiger partial charge in [0.1, 0.15) is 27.4 Å². The molecule has 3 saturated heterocycles. The van der Waals surface area contributed by atoms with Gasteiger partial charge in [-0.15, -0.1) is 0 Å². The first kappa shape index (κ1) is 86.7. The van der Waals surface area contributed by atoms with Crippen molar-refractivity contribution < 1.29 is 84.8 Å². The van der Waals surface area contributed by atoms with Crippen LogP contribution in [0.2, 0.25) is 0 Å². The van der Waals surface area contributed by atoms with Crippen molar-refractivity contribution in [1.29, 1.82) is 0 Å². The molecule has 0 spiro atoms. The standard InChI is InChI=1S/C22H23N3O2.2C21H21N3O2.C16H11BrN2O2.C7H14.CH3F.CH4O.Na.H2O/c1-27-22(26)17-11-12-18-19(15-17)23-20(16-9-5-4-6-10-16)21(24-18)25-13-7-2-3-8-14-25;2*25-21(26)16-10-11-17-18(14-16)22-19(15-8-4-3-5-9-15)20(23-17)24-12-6-1-2-7-13-24;1-21-16(20)11-7-8-12-13(9-11)18-14(15(17)19-12)10-5-3-2-4-6-10;1-2-4-6-7-5-3-1;2*1-2;;/h4-6,9-12,15H,2-3,7-8,13-14H2,1H3;2*3-5,8-11,14H,1-2,6-7,12-13H2,(H,25,26);2-9H,1H3;1-7H2;1H3;2H,1H3;;1H2/q;;;;;;;+1;/p-1/i;;;;;1D;;;. The first-order chi connectivity index (χ1) is 54.8. The molecule has 7 heterocycles. The van der Waals surface area contributed by atoms with Gasteiger partial charge in [-0.1, -0.05) is 205 Å². The molecule has 0 bridgehead atoms. The van der Waals surface area contributed by atoms with Gasteiger partial charge in [0.25, 0.3) is 0 Å². The van der Waals surface area contributed by atoms with Gasteiger partial charge in [-0.05, 0) is 127 Å². The van der Waals surface area contributed by atoms with E-state index in [4.69, 9.17) is 45.9 Å². The van der Waals surface area contributed by atoms with E-state index in [0.717, 1.165) is 151 Å². The minimum Gasteiger partial charge on any atom is -0.870 e. The number of hydrogen-bond donors (Lipinski definition) is 3. The van der Waals surface area contributed by atoms with Gasteiger partial charge in [0.2, 0.25) is 0 Å². The Morgan fingerprint density at radius 3 is 0.823 bits per heavy atom. The summed E-state index contributed by atoms with van der Waals surface area (Å²) >= 11 is 3.45. The van der Waals surface area contributed by atoms with Crippen LogP contribution in [0.15, 0.2) is 199 Å². The quantitative estimate of drug-likeness (QED) is 0.0616. The van der Waals surface area contributed by atoms with E-state index in [-0.39, 0.29) is 58.1 Å². The Hall–Kier alpha value is -10.3. The van der Waals surface area contributed by atoms with Crippen LogP contribution in [0.4, 0.5) is 21.8 Å². The molecule has 1 saturated carbocycles. The van der Waals surface area contributed by atoms with Gasteiger partial charge in [-0.3, -0.25) is 4.39 Å². The number of alkyl halides is 1. The van der Waals surface area contributed by atoms with Crippen molar-refractivity contribution in [3.8, 4) is 45.0 Å². The molecule has 4 fully saturated rings. The fourth-order valence-electron chi connectivity index (χ4n) is 13.8. The summed E-state index contributed by atoms with van der Waals surface area (Å²) in [5.74, 6) is 0.0707. The van der Waals surface area contributed by atoms with Gasteiger partial charge in [0.05, 0.1) is 89.1 Å². The first-order valence-corrected chi connectivity index (χ1v) is 38.9. The van der Waals surface area contributed by atoms with Gasteiger partial charge in [-0.2, -0.15) is 0 Å². The number of anilines is 3. The second-order valence-corrected chi connectivity index (χ2v) is 27.9. The van der Waals surface area contributed by atoms with Crippen LogP contribution in [-0.4, -0.2) is 152 Å². The summed E-state index contributed by atoms with van der Waals surface area (Å²) in [7, 11) is 2.74. The monoisotopic (exact) mass is 1600 g/mol. The molecule has 0 amide bonds. The molecule has 21 nitrogen and oxygen atoms in total. The zero-order valence-electron chi connectivity index (χ0n) is 65.8. The molecule has 584 valence electrons. The summed E-state index contributed by atoms with van der Waals surface area (Å²) < 4.78 is 25.7. The van der Waals surface area contributed by atoms with Crippen LogP contribution in [0.5, 0.6) is 0 Å². The van der Waals surface area contributed by atoms with Crippen molar-refractivity contribution in [2.75, 3.05) is 82.5 Å². The maximum Gasteiger partial charge on any atom is 1.00 e. The smallest absolute Gasteiger partial charge is 0.870 e. The summed E-state index contributed by atoms with van der Waals surface area (Å²) in [5.41, 5.74) is 14.2. The number of nitrogens with zero attached hydrogens (tertiary/aromatic N) is 11. The molecule has 0 unspecified atom stereocenters. The number of aromatic carboxylic acids is 2. The zero-order valence-corrected chi connectivity index (χ0v) is 68.4. The van der Waals surface area contributed by atoms with Crippen LogP contribution in [0.25, 0.3) is 89.2 Å². The number of methoxy groups -OCH3 is 2. The van der Waals surface area contributed by atoms with Crippen LogP contribution in [0, 0.1) is 0 Å². The van der Waals surface area contributed by atoms with Crippen molar-refractivity contribution in [3.05, 3.63) is 221 Å². The molecular weight excluding hydrogens is 1500 g/mol. The number of aromatic nitrogens is 8. The van der Waals surface area contributed by atoms with E-state index in [0.29, 0.717) is 43.3 Å². The number of ether oxygens (including phenoxy) is 2. The number of aliphatic hydroxyl groups is 1. The molecule has 0 radical (unpaired) electrons. The number of aliphatic hydroxyl groups excluding tert-OH is 1. The molecule has 24 heteroatoms. The third-order valence-corrected chi connectivity index (χ3v) is 20.1. The third-order valence-electron chi connectivity index (χ3n) is 19.6. The summed E-state index contributed by atoms with van der Waals surface area (Å²) in [6.45, 7) is 5.92. The SMILES string of the molecule is C1CCCCCC1.CO.COC(=O)c1ccc2nc(Br)c(-c3ccccc3)nc2c1.COC(=O)c1ccc2nc(N3CCCCCC3)c(-c3ccccc3)nc2c1.O=C(O)c1ccc2nc(N3CCCCCC3)c(-c3ccccc3)nc2c1.O=C(O)c1ccc2nc(N3CCCCCC3)c(-c3ccccc3)nc2c1.[2H]CF.[Na+].[OH-]. The molecular formula is C89H98BrFN11NaO10. The Morgan fingerprint density at radius 1 is 0.345 bits per heavy atom. The maximum atomic E-state index is 11.9. The second kappa shape index (κ2) is 46.0. The molecule has 3 aliphatic heterocycles. The number of esters is 2. The summed E-state index contributed by atoms with van der Waals surface area (Å²) in [6.07, 6.45) is 25.0. The maximum absolute atomic E-state index is 11.9. The Bertz CT molecular complexity index is 4870. The van der Waals surface area contributed by atoms with E-state index in [2.05, 4.69) is 52.7 Å². The molecule has 113 heavy (non-hydrogen) atoms. The van der Waals surface area contributed by atoms with Crippen molar-refractivity contribution in [1.82, 2.24) is 39.9 Å². The molecule has 8 aromatic carbocycles.